The van der Waals surface area contributed by atoms with Crippen molar-refractivity contribution in [2.45, 2.75) is 0 Å². The monoisotopic (exact) mass is 276 g/mol. The molecule has 5 heteroatoms. The summed E-state index contributed by atoms with van der Waals surface area (Å²) in [5.74, 6) is -0.721. The van der Waals surface area contributed by atoms with Crippen LogP contribution in [0.2, 0.25) is 5.02 Å². The van der Waals surface area contributed by atoms with Crippen LogP contribution in [0, 0.1) is 5.82 Å². The summed E-state index contributed by atoms with van der Waals surface area (Å²) in [4.78, 5) is 11.7. The average Bonchev–Trinajstić information content (AvgIpc) is 2.41. The van der Waals surface area contributed by atoms with Gasteiger partial charge in [-0.2, -0.15) is 5.10 Å². The van der Waals surface area contributed by atoms with Crippen LogP contribution in [-0.4, -0.2) is 12.1 Å². The fraction of sp³-hybridized carbons (Fsp3) is 0. The van der Waals surface area contributed by atoms with E-state index in [1.54, 1.807) is 36.4 Å². The normalized spacial score (nSPS) is 10.6. The molecule has 0 bridgehead atoms. The molecule has 0 spiro atoms. The van der Waals surface area contributed by atoms with E-state index in [2.05, 4.69) is 10.5 Å². The summed E-state index contributed by atoms with van der Waals surface area (Å²) in [5.41, 5.74) is 3.38. The molecule has 0 heterocycles. The SMILES string of the molecule is O=C(N/N=C\c1ccc(F)cc1)c1ccccc1Cl. The van der Waals surface area contributed by atoms with Gasteiger partial charge >= 0.3 is 0 Å². The molecule has 2 aromatic carbocycles. The van der Waals surface area contributed by atoms with Gasteiger partial charge in [-0.15, -0.1) is 0 Å². The Morgan fingerprint density at radius 2 is 1.84 bits per heavy atom. The third-order valence-corrected chi connectivity index (χ3v) is 2.70. The van der Waals surface area contributed by atoms with E-state index in [4.69, 9.17) is 11.6 Å². The molecule has 0 aliphatic rings. The molecule has 2 aromatic rings. The van der Waals surface area contributed by atoms with Crippen molar-refractivity contribution < 1.29 is 9.18 Å². The van der Waals surface area contributed by atoms with E-state index in [1.807, 2.05) is 0 Å². The molecule has 3 nitrogen and oxygen atoms in total. The van der Waals surface area contributed by atoms with E-state index in [1.165, 1.54) is 18.3 Å². The third kappa shape index (κ3) is 3.63. The van der Waals surface area contributed by atoms with Crippen LogP contribution >= 0.6 is 11.6 Å². The second kappa shape index (κ2) is 6.11. The number of nitrogens with one attached hydrogen (secondary N) is 1. The van der Waals surface area contributed by atoms with E-state index in [0.29, 0.717) is 16.1 Å². The Labute approximate surface area is 114 Å². The quantitative estimate of drug-likeness (QED) is 0.679. The molecule has 1 amide bonds. The van der Waals surface area contributed by atoms with Crippen molar-refractivity contribution in [2.24, 2.45) is 5.10 Å². The zero-order valence-electron chi connectivity index (χ0n) is 9.81. The second-order valence-corrected chi connectivity index (χ2v) is 4.14. The van der Waals surface area contributed by atoms with Gasteiger partial charge in [-0.1, -0.05) is 35.9 Å². The molecule has 0 saturated carbocycles. The Bertz CT molecular complexity index is 611. The number of hydrazone groups is 1. The Morgan fingerprint density at radius 3 is 2.53 bits per heavy atom. The first-order valence-corrected chi connectivity index (χ1v) is 5.88. The summed E-state index contributed by atoms with van der Waals surface area (Å²) >= 11 is 5.88. The number of carbonyl (C=O) groups is 1. The van der Waals surface area contributed by atoms with E-state index in [0.717, 1.165) is 0 Å². The maximum absolute atomic E-state index is 12.7. The van der Waals surface area contributed by atoms with Gasteiger partial charge in [0.1, 0.15) is 5.82 Å². The lowest BCUT2D eigenvalue weighted by molar-refractivity contribution is 0.0955. The van der Waals surface area contributed by atoms with E-state index in [-0.39, 0.29) is 5.82 Å². The molecular formula is C14H10ClFN2O. The van der Waals surface area contributed by atoms with Crippen LogP contribution in [0.4, 0.5) is 4.39 Å². The van der Waals surface area contributed by atoms with Crippen molar-refractivity contribution in [2.75, 3.05) is 0 Å². The van der Waals surface area contributed by atoms with Crippen LogP contribution < -0.4 is 5.43 Å². The summed E-state index contributed by atoms with van der Waals surface area (Å²) in [6.45, 7) is 0. The predicted molar refractivity (Wildman–Crippen MR) is 72.9 cm³/mol. The van der Waals surface area contributed by atoms with Crippen molar-refractivity contribution in [1.82, 2.24) is 5.43 Å². The molecular weight excluding hydrogens is 267 g/mol. The number of hydrogen-bond acceptors (Lipinski definition) is 2. The van der Waals surface area contributed by atoms with Crippen LogP contribution in [0.1, 0.15) is 15.9 Å². The van der Waals surface area contributed by atoms with Crippen molar-refractivity contribution in [3.63, 3.8) is 0 Å². The van der Waals surface area contributed by atoms with Crippen molar-refractivity contribution >= 4 is 23.7 Å². The molecule has 19 heavy (non-hydrogen) atoms. The zero-order chi connectivity index (χ0) is 13.7. The zero-order valence-corrected chi connectivity index (χ0v) is 10.6. The van der Waals surface area contributed by atoms with Crippen LogP contribution in [0.3, 0.4) is 0 Å². The fourth-order valence-electron chi connectivity index (χ4n) is 1.42. The van der Waals surface area contributed by atoms with Gasteiger partial charge in [0, 0.05) is 0 Å². The molecule has 2 rings (SSSR count). The van der Waals surface area contributed by atoms with Crippen LogP contribution in [-0.2, 0) is 0 Å². The standard InChI is InChI=1S/C14H10ClFN2O/c15-13-4-2-1-3-12(13)14(19)18-17-9-10-5-7-11(16)8-6-10/h1-9H,(H,18,19)/b17-9-. The summed E-state index contributed by atoms with van der Waals surface area (Å²) < 4.78 is 12.7. The maximum Gasteiger partial charge on any atom is 0.272 e. The number of amides is 1. The van der Waals surface area contributed by atoms with Gasteiger partial charge < -0.3 is 0 Å². The molecule has 0 atom stereocenters. The van der Waals surface area contributed by atoms with Gasteiger partial charge in [0.05, 0.1) is 16.8 Å². The van der Waals surface area contributed by atoms with Gasteiger partial charge in [-0.05, 0) is 29.8 Å². The average molecular weight is 277 g/mol. The van der Waals surface area contributed by atoms with Crippen LogP contribution in [0.5, 0.6) is 0 Å². The third-order valence-electron chi connectivity index (χ3n) is 2.37. The Hall–Kier alpha value is -2.20. The van der Waals surface area contributed by atoms with Gasteiger partial charge in [0.2, 0.25) is 0 Å². The first kappa shape index (κ1) is 13.2. The molecule has 1 N–H and O–H groups in total. The summed E-state index contributed by atoms with van der Waals surface area (Å²) in [6.07, 6.45) is 1.42. The fourth-order valence-corrected chi connectivity index (χ4v) is 1.64. The second-order valence-electron chi connectivity index (χ2n) is 3.73. The highest BCUT2D eigenvalue weighted by molar-refractivity contribution is 6.33. The molecule has 0 aliphatic carbocycles. The van der Waals surface area contributed by atoms with Gasteiger partial charge in [-0.3, -0.25) is 4.79 Å². The largest absolute Gasteiger partial charge is 0.272 e. The van der Waals surface area contributed by atoms with Crippen molar-refractivity contribution in [3.8, 4) is 0 Å². The predicted octanol–water partition coefficient (Wildman–Crippen LogP) is 3.24. The Kier molecular flexibility index (Phi) is 4.26. The van der Waals surface area contributed by atoms with E-state index in [9.17, 15) is 9.18 Å². The molecule has 0 saturated heterocycles. The van der Waals surface area contributed by atoms with Crippen molar-refractivity contribution in [3.05, 3.63) is 70.5 Å². The van der Waals surface area contributed by atoms with Crippen LogP contribution in [0.15, 0.2) is 53.6 Å². The number of benzene rings is 2. The first-order valence-electron chi connectivity index (χ1n) is 5.50. The van der Waals surface area contributed by atoms with E-state index < -0.39 is 5.91 Å². The van der Waals surface area contributed by atoms with Gasteiger partial charge in [0.25, 0.3) is 5.91 Å². The summed E-state index contributed by atoms with van der Waals surface area (Å²) in [7, 11) is 0. The smallest absolute Gasteiger partial charge is 0.267 e. The minimum absolute atomic E-state index is 0.322. The minimum Gasteiger partial charge on any atom is -0.267 e. The highest BCUT2D eigenvalue weighted by Gasteiger charge is 2.07. The lowest BCUT2D eigenvalue weighted by Gasteiger charge is -2.01. The van der Waals surface area contributed by atoms with Gasteiger partial charge in [0.15, 0.2) is 0 Å². The van der Waals surface area contributed by atoms with Crippen LogP contribution in [0.25, 0.3) is 0 Å². The molecule has 0 radical (unpaired) electrons. The first-order chi connectivity index (χ1) is 9.16. The highest BCUT2D eigenvalue weighted by atomic mass is 35.5. The highest BCUT2D eigenvalue weighted by Crippen LogP contribution is 2.14. The molecule has 96 valence electrons. The lowest BCUT2D eigenvalue weighted by atomic mass is 10.2. The Balaban J connectivity index is 2.01. The summed E-state index contributed by atoms with van der Waals surface area (Å²) in [6, 6.07) is 12.4. The minimum atomic E-state index is -0.399. The van der Waals surface area contributed by atoms with E-state index >= 15 is 0 Å². The number of hydrogen-bond donors (Lipinski definition) is 1. The Morgan fingerprint density at radius 1 is 1.16 bits per heavy atom. The topological polar surface area (TPSA) is 41.5 Å². The lowest BCUT2D eigenvalue weighted by Crippen LogP contribution is -2.17. The van der Waals surface area contributed by atoms with Crippen molar-refractivity contribution in [1.29, 1.82) is 0 Å². The summed E-state index contributed by atoms with van der Waals surface area (Å²) in [5, 5.41) is 4.14. The molecule has 0 aliphatic heterocycles. The number of halogens is 2. The molecule has 0 fully saturated rings. The molecule has 0 aromatic heterocycles. The van der Waals surface area contributed by atoms with Gasteiger partial charge in [-0.25, -0.2) is 9.82 Å². The maximum atomic E-state index is 12.7. The number of rotatable bonds is 3. The number of carbonyl (C=O) groups excluding carboxylic acids is 1. The number of nitrogens with zero attached hydrogens (tertiary/aromatic N) is 1. The molecule has 0 unspecified atom stereocenters.